The number of nitrogens with zero attached hydrogens (tertiary/aromatic N) is 2. The average molecular weight is 280 g/mol. The fourth-order valence-corrected chi connectivity index (χ4v) is 1.39. The van der Waals surface area contributed by atoms with E-state index >= 15 is 0 Å². The lowest BCUT2D eigenvalue weighted by molar-refractivity contribution is -0.141. The van der Waals surface area contributed by atoms with Crippen LogP contribution in [0.1, 0.15) is 28.9 Å². The first kappa shape index (κ1) is 14.8. The molecule has 1 aromatic rings. The molecule has 0 radical (unpaired) electrons. The zero-order valence-electron chi connectivity index (χ0n) is 9.00. The van der Waals surface area contributed by atoms with Crippen molar-refractivity contribution in [3.05, 3.63) is 28.6 Å². The number of carboxylic acid groups (broad SMARTS) is 1. The molecule has 0 fully saturated rings. The van der Waals surface area contributed by atoms with Crippen LogP contribution >= 0.6 is 0 Å². The van der Waals surface area contributed by atoms with Gasteiger partial charge in [0.05, 0.1) is 12.0 Å². The van der Waals surface area contributed by atoms with Crippen molar-refractivity contribution in [2.45, 2.75) is 19.0 Å². The minimum absolute atomic E-state index is 0.219. The van der Waals surface area contributed by atoms with Gasteiger partial charge in [0.15, 0.2) is 0 Å². The van der Waals surface area contributed by atoms with Crippen LogP contribution in [0.2, 0.25) is 0 Å². The van der Waals surface area contributed by atoms with E-state index in [1.165, 1.54) is 0 Å². The summed E-state index contributed by atoms with van der Waals surface area (Å²) in [5.74, 6) is -1.59. The van der Waals surface area contributed by atoms with Gasteiger partial charge in [-0.05, 0) is 11.6 Å². The molecule has 0 atom stereocenters. The number of aromatic nitrogens is 1. The topological polar surface area (TPSA) is 74.0 Å². The Morgan fingerprint density at radius 1 is 1.47 bits per heavy atom. The van der Waals surface area contributed by atoms with E-state index in [9.17, 15) is 26.7 Å². The molecule has 0 aliphatic heterocycles. The van der Waals surface area contributed by atoms with Gasteiger partial charge in [-0.3, -0.25) is 4.79 Å². The molecule has 0 amide bonds. The van der Waals surface area contributed by atoms with Gasteiger partial charge >= 0.3 is 12.1 Å². The van der Waals surface area contributed by atoms with Gasteiger partial charge in [0.2, 0.25) is 0 Å². The van der Waals surface area contributed by atoms with Crippen LogP contribution < -0.4 is 0 Å². The van der Waals surface area contributed by atoms with Gasteiger partial charge in [0.25, 0.3) is 6.43 Å². The molecule has 0 bridgehead atoms. The van der Waals surface area contributed by atoms with Crippen molar-refractivity contribution in [3.63, 3.8) is 0 Å². The molecule has 19 heavy (non-hydrogen) atoms. The highest BCUT2D eigenvalue weighted by atomic mass is 19.4. The Bertz CT molecular complexity index is 548. The fraction of sp³-hybridized carbons (Fsp3) is 0.300. The number of pyridine rings is 1. The zero-order chi connectivity index (χ0) is 14.8. The molecule has 1 heterocycles. The van der Waals surface area contributed by atoms with Gasteiger partial charge in [0.1, 0.15) is 17.5 Å². The third-order valence-corrected chi connectivity index (χ3v) is 2.10. The third kappa shape index (κ3) is 3.37. The summed E-state index contributed by atoms with van der Waals surface area (Å²) < 4.78 is 62.7. The molecule has 102 valence electrons. The van der Waals surface area contributed by atoms with Crippen molar-refractivity contribution in [3.8, 4) is 6.07 Å². The number of alkyl halides is 5. The molecule has 0 saturated heterocycles. The Kier molecular flexibility index (Phi) is 4.04. The van der Waals surface area contributed by atoms with Crippen LogP contribution in [0.25, 0.3) is 0 Å². The number of carbonyl (C=O) groups is 1. The second-order valence-corrected chi connectivity index (χ2v) is 3.41. The Balaban J connectivity index is 3.55. The number of aliphatic carboxylic acids is 1. The maximum absolute atomic E-state index is 12.7. The van der Waals surface area contributed by atoms with Crippen LogP contribution in [0.3, 0.4) is 0 Å². The lowest BCUT2D eigenvalue weighted by Gasteiger charge is -2.12. The average Bonchev–Trinajstić information content (AvgIpc) is 2.25. The molecule has 0 aliphatic rings. The van der Waals surface area contributed by atoms with E-state index in [0.717, 1.165) is 6.07 Å². The van der Waals surface area contributed by atoms with Crippen molar-refractivity contribution in [1.29, 1.82) is 5.26 Å². The summed E-state index contributed by atoms with van der Waals surface area (Å²) in [5, 5.41) is 17.1. The molecule has 9 heteroatoms. The van der Waals surface area contributed by atoms with E-state index in [0.29, 0.717) is 0 Å². The van der Waals surface area contributed by atoms with Gasteiger partial charge in [-0.25, -0.2) is 13.8 Å². The van der Waals surface area contributed by atoms with E-state index in [1.54, 1.807) is 0 Å². The maximum Gasteiger partial charge on any atom is 0.433 e. The van der Waals surface area contributed by atoms with Crippen LogP contribution in [-0.2, 0) is 17.4 Å². The number of nitriles is 1. The minimum atomic E-state index is -4.96. The molecule has 1 rings (SSSR count). The Labute approximate surface area is 103 Å². The molecule has 0 saturated carbocycles. The van der Waals surface area contributed by atoms with Gasteiger partial charge in [0, 0.05) is 0 Å². The van der Waals surface area contributed by atoms with E-state index in [1.807, 2.05) is 0 Å². The number of carboxylic acids is 1. The smallest absolute Gasteiger partial charge is 0.433 e. The second-order valence-electron chi connectivity index (χ2n) is 3.41. The number of halogens is 5. The predicted octanol–water partition coefficient (Wildman–Crippen LogP) is 2.54. The highest BCUT2D eigenvalue weighted by Crippen LogP contribution is 2.33. The molecule has 0 unspecified atom stereocenters. The molecule has 4 nitrogen and oxygen atoms in total. The monoisotopic (exact) mass is 280 g/mol. The molecular formula is C10H5F5N2O2. The number of hydrogen-bond donors (Lipinski definition) is 1. The Morgan fingerprint density at radius 3 is 2.42 bits per heavy atom. The van der Waals surface area contributed by atoms with Gasteiger partial charge in [-0.1, -0.05) is 0 Å². The first-order chi connectivity index (χ1) is 8.66. The molecule has 1 aromatic heterocycles. The minimum Gasteiger partial charge on any atom is -0.481 e. The zero-order valence-corrected chi connectivity index (χ0v) is 9.00. The number of rotatable bonds is 3. The largest absolute Gasteiger partial charge is 0.481 e. The summed E-state index contributed by atoms with van der Waals surface area (Å²) >= 11 is 0. The highest BCUT2D eigenvalue weighted by Gasteiger charge is 2.35. The van der Waals surface area contributed by atoms with Crippen LogP contribution in [0, 0.1) is 11.3 Å². The van der Waals surface area contributed by atoms with E-state index in [2.05, 4.69) is 4.98 Å². The van der Waals surface area contributed by atoms with Gasteiger partial charge in [-0.2, -0.15) is 18.4 Å². The number of hydrogen-bond acceptors (Lipinski definition) is 3. The summed E-state index contributed by atoms with van der Waals surface area (Å²) in [6.45, 7) is 0. The molecular weight excluding hydrogens is 275 g/mol. The van der Waals surface area contributed by atoms with Crippen molar-refractivity contribution in [2.24, 2.45) is 0 Å². The predicted molar refractivity (Wildman–Crippen MR) is 50.3 cm³/mol. The fourth-order valence-electron chi connectivity index (χ4n) is 1.39. The standard InChI is InChI=1S/C10H5F5N2O2/c11-9(12)8-4(2-7(18)19)1-6(10(13,14)15)17-5(8)3-16/h1,9H,2H2,(H,18,19). The summed E-state index contributed by atoms with van der Waals surface area (Å²) in [5.41, 5.74) is -4.56. The molecule has 1 N–H and O–H groups in total. The summed E-state index contributed by atoms with van der Waals surface area (Å²) in [7, 11) is 0. The Morgan fingerprint density at radius 2 is 2.05 bits per heavy atom. The first-order valence-corrected chi connectivity index (χ1v) is 4.68. The molecule has 0 aliphatic carbocycles. The van der Waals surface area contributed by atoms with Crippen LogP contribution in [0.4, 0.5) is 22.0 Å². The lowest BCUT2D eigenvalue weighted by atomic mass is 10.0. The van der Waals surface area contributed by atoms with E-state index in [4.69, 9.17) is 10.4 Å². The summed E-state index contributed by atoms with van der Waals surface area (Å²) in [4.78, 5) is 13.3. The van der Waals surface area contributed by atoms with Gasteiger partial charge < -0.3 is 5.11 Å². The summed E-state index contributed by atoms with van der Waals surface area (Å²) in [6, 6.07) is 1.34. The van der Waals surface area contributed by atoms with Crippen molar-refractivity contribution < 1.29 is 31.9 Å². The second kappa shape index (κ2) is 5.17. The van der Waals surface area contributed by atoms with Crippen molar-refractivity contribution >= 4 is 5.97 Å². The van der Waals surface area contributed by atoms with Gasteiger partial charge in [-0.15, -0.1) is 0 Å². The highest BCUT2D eigenvalue weighted by molar-refractivity contribution is 5.71. The van der Waals surface area contributed by atoms with Crippen molar-refractivity contribution in [2.75, 3.05) is 0 Å². The van der Waals surface area contributed by atoms with E-state index in [-0.39, 0.29) is 6.07 Å². The molecule has 0 spiro atoms. The van der Waals surface area contributed by atoms with Crippen LogP contribution in [-0.4, -0.2) is 16.1 Å². The SMILES string of the molecule is N#Cc1nc(C(F)(F)F)cc(CC(=O)O)c1C(F)F. The van der Waals surface area contributed by atoms with Crippen LogP contribution in [0.5, 0.6) is 0 Å². The normalized spacial score (nSPS) is 11.4. The third-order valence-electron chi connectivity index (χ3n) is 2.10. The van der Waals surface area contributed by atoms with Crippen molar-refractivity contribution in [1.82, 2.24) is 4.98 Å². The quantitative estimate of drug-likeness (QED) is 0.863. The maximum atomic E-state index is 12.7. The molecule has 0 aromatic carbocycles. The van der Waals surface area contributed by atoms with Crippen LogP contribution in [0.15, 0.2) is 6.07 Å². The lowest BCUT2D eigenvalue weighted by Crippen LogP contribution is -2.14. The van der Waals surface area contributed by atoms with E-state index < -0.39 is 47.5 Å². The first-order valence-electron chi connectivity index (χ1n) is 4.68. The Hall–Kier alpha value is -2.24. The summed E-state index contributed by atoms with van der Waals surface area (Å²) in [6.07, 6.45) is -9.31.